The molecule has 56 heavy (non-hydrogen) atoms. The summed E-state index contributed by atoms with van der Waals surface area (Å²) in [6, 6.07) is 79.5. The van der Waals surface area contributed by atoms with E-state index in [4.69, 9.17) is 0 Å². The van der Waals surface area contributed by atoms with E-state index >= 15 is 0 Å². The van der Waals surface area contributed by atoms with Crippen molar-refractivity contribution in [2.75, 3.05) is 4.90 Å². The maximum Gasteiger partial charge on any atom is 0.0619 e. The van der Waals surface area contributed by atoms with Crippen molar-refractivity contribution in [1.29, 1.82) is 0 Å². The third-order valence-corrected chi connectivity index (χ3v) is 11.3. The predicted molar refractivity (Wildman–Crippen MR) is 239 cm³/mol. The minimum absolute atomic E-state index is 1.09. The molecule has 0 aliphatic rings. The zero-order valence-electron chi connectivity index (χ0n) is 30.7. The highest BCUT2D eigenvalue weighted by atomic mass is 15.1. The number of para-hydroxylation sites is 3. The van der Waals surface area contributed by atoms with Gasteiger partial charge in [-0.25, -0.2) is 0 Å². The average Bonchev–Trinajstić information content (AvgIpc) is 3.62. The molecule has 0 spiro atoms. The lowest BCUT2D eigenvalue weighted by Crippen LogP contribution is -2.10. The normalized spacial score (nSPS) is 11.6. The summed E-state index contributed by atoms with van der Waals surface area (Å²) in [5, 5.41) is 10.0. The van der Waals surface area contributed by atoms with Gasteiger partial charge in [-0.1, -0.05) is 164 Å². The highest BCUT2D eigenvalue weighted by molar-refractivity contribution is 6.18. The van der Waals surface area contributed by atoms with Gasteiger partial charge in [0.2, 0.25) is 0 Å². The van der Waals surface area contributed by atoms with Crippen LogP contribution in [0, 0.1) is 0 Å². The van der Waals surface area contributed by atoms with Gasteiger partial charge < -0.3 is 9.47 Å². The topological polar surface area (TPSA) is 8.17 Å². The molecule has 0 aliphatic carbocycles. The highest BCUT2D eigenvalue weighted by Crippen LogP contribution is 2.43. The minimum atomic E-state index is 1.09. The quantitative estimate of drug-likeness (QED) is 0.156. The third-order valence-electron chi connectivity index (χ3n) is 11.3. The molecule has 0 fully saturated rings. The molecular weight excluding hydrogens is 677 g/mol. The van der Waals surface area contributed by atoms with E-state index in [9.17, 15) is 0 Å². The number of nitrogens with zero attached hydrogens (tertiary/aromatic N) is 2. The molecule has 10 aromatic carbocycles. The Balaban J connectivity index is 1.14. The van der Waals surface area contributed by atoms with Crippen LogP contribution < -0.4 is 4.90 Å². The Morgan fingerprint density at radius 2 is 0.857 bits per heavy atom. The number of rotatable bonds is 6. The van der Waals surface area contributed by atoms with E-state index in [1.807, 2.05) is 0 Å². The van der Waals surface area contributed by atoms with E-state index in [0.717, 1.165) is 28.3 Å². The van der Waals surface area contributed by atoms with E-state index in [2.05, 4.69) is 228 Å². The van der Waals surface area contributed by atoms with Crippen LogP contribution in [-0.2, 0) is 0 Å². The Kier molecular flexibility index (Phi) is 7.53. The zero-order chi connectivity index (χ0) is 37.0. The number of fused-ring (bicyclic) bond motifs is 8. The summed E-state index contributed by atoms with van der Waals surface area (Å²) in [6.07, 6.45) is 0. The molecule has 11 aromatic rings. The first-order valence-corrected chi connectivity index (χ1v) is 19.3. The molecule has 1 heterocycles. The summed E-state index contributed by atoms with van der Waals surface area (Å²) in [5.74, 6) is 0. The summed E-state index contributed by atoms with van der Waals surface area (Å²) in [5.41, 5.74) is 11.6. The fraction of sp³-hybridized carbons (Fsp3) is 0. The van der Waals surface area contributed by atoms with Crippen molar-refractivity contribution in [3.05, 3.63) is 218 Å². The van der Waals surface area contributed by atoms with Crippen LogP contribution in [-0.4, -0.2) is 4.57 Å². The van der Waals surface area contributed by atoms with Gasteiger partial charge in [0, 0.05) is 39.1 Å². The lowest BCUT2D eigenvalue weighted by molar-refractivity contribution is 1.18. The molecule has 0 N–H and O–H groups in total. The van der Waals surface area contributed by atoms with Crippen molar-refractivity contribution in [1.82, 2.24) is 4.57 Å². The minimum Gasteiger partial charge on any atom is -0.310 e. The second kappa shape index (κ2) is 13.2. The summed E-state index contributed by atoms with van der Waals surface area (Å²) >= 11 is 0. The van der Waals surface area contributed by atoms with E-state index in [0.29, 0.717) is 0 Å². The molecule has 1 aromatic heterocycles. The predicted octanol–water partition coefficient (Wildman–Crippen LogP) is 15.0. The van der Waals surface area contributed by atoms with Crippen molar-refractivity contribution in [2.24, 2.45) is 0 Å². The van der Waals surface area contributed by atoms with E-state index in [1.165, 1.54) is 70.8 Å². The molecular formula is C54H36N2. The van der Waals surface area contributed by atoms with Gasteiger partial charge in [-0.05, 0) is 104 Å². The van der Waals surface area contributed by atoms with Crippen molar-refractivity contribution < 1.29 is 0 Å². The number of benzene rings is 10. The molecule has 0 atom stereocenters. The van der Waals surface area contributed by atoms with Gasteiger partial charge in [-0.3, -0.25) is 0 Å². The SMILES string of the molecule is c1ccc(-c2cccc(N(c3cccc(-c4cccc5c6ccccc6n(-c6ccccc6)c45)c3)c3ccc4ccc5c6ccccc6ccc5c4c3)c2)cc1. The Hall–Kier alpha value is -7.42. The number of anilines is 3. The summed E-state index contributed by atoms with van der Waals surface area (Å²) in [7, 11) is 0. The van der Waals surface area contributed by atoms with Crippen LogP contribution in [0.2, 0.25) is 0 Å². The zero-order valence-corrected chi connectivity index (χ0v) is 30.7. The molecule has 0 aliphatic heterocycles. The molecule has 262 valence electrons. The molecule has 0 saturated carbocycles. The summed E-state index contributed by atoms with van der Waals surface area (Å²) < 4.78 is 2.42. The number of hydrogen-bond donors (Lipinski definition) is 0. The second-order valence-corrected chi connectivity index (χ2v) is 14.5. The molecule has 0 bridgehead atoms. The largest absolute Gasteiger partial charge is 0.310 e. The van der Waals surface area contributed by atoms with Gasteiger partial charge in [0.05, 0.1) is 11.0 Å². The van der Waals surface area contributed by atoms with Crippen LogP contribution in [0.3, 0.4) is 0 Å². The first kappa shape index (κ1) is 32.0. The molecule has 0 amide bonds. The maximum absolute atomic E-state index is 2.42. The average molecular weight is 713 g/mol. The number of hydrogen-bond acceptors (Lipinski definition) is 1. The van der Waals surface area contributed by atoms with Crippen LogP contribution in [0.15, 0.2) is 218 Å². The molecule has 0 saturated heterocycles. The van der Waals surface area contributed by atoms with E-state index in [1.54, 1.807) is 0 Å². The van der Waals surface area contributed by atoms with Gasteiger partial charge in [0.15, 0.2) is 0 Å². The van der Waals surface area contributed by atoms with Crippen LogP contribution >= 0.6 is 0 Å². The van der Waals surface area contributed by atoms with Gasteiger partial charge in [-0.2, -0.15) is 0 Å². The van der Waals surface area contributed by atoms with Crippen molar-refractivity contribution >= 4 is 71.2 Å². The first-order valence-electron chi connectivity index (χ1n) is 19.3. The van der Waals surface area contributed by atoms with Crippen LogP contribution in [0.5, 0.6) is 0 Å². The van der Waals surface area contributed by atoms with Gasteiger partial charge in [0.25, 0.3) is 0 Å². The van der Waals surface area contributed by atoms with Crippen molar-refractivity contribution in [2.45, 2.75) is 0 Å². The monoisotopic (exact) mass is 712 g/mol. The Morgan fingerprint density at radius 1 is 0.304 bits per heavy atom. The lowest BCUT2D eigenvalue weighted by Gasteiger charge is -2.27. The van der Waals surface area contributed by atoms with Crippen LogP contribution in [0.1, 0.15) is 0 Å². The van der Waals surface area contributed by atoms with E-state index < -0.39 is 0 Å². The molecule has 2 nitrogen and oxygen atoms in total. The molecule has 0 unspecified atom stereocenters. The Labute approximate surface area is 325 Å². The molecule has 0 radical (unpaired) electrons. The third kappa shape index (κ3) is 5.26. The fourth-order valence-electron chi connectivity index (χ4n) is 8.76. The molecule has 11 rings (SSSR count). The van der Waals surface area contributed by atoms with Gasteiger partial charge >= 0.3 is 0 Å². The smallest absolute Gasteiger partial charge is 0.0619 e. The van der Waals surface area contributed by atoms with Gasteiger partial charge in [0.1, 0.15) is 0 Å². The summed E-state index contributed by atoms with van der Waals surface area (Å²) in [6.45, 7) is 0. The standard InChI is InChI=1S/C54H36N2/c1-3-14-37(15-4-1)40-17-11-21-43(34-40)55(45-31-28-39-30-32-48-46-23-8-7-16-38(46)29-33-49(48)52(39)36-45)44-22-12-18-41(35-44)47-25-13-26-51-50-24-9-10-27-53(50)56(54(47)51)42-19-5-2-6-20-42/h1-36H. The van der Waals surface area contributed by atoms with Crippen molar-refractivity contribution in [3.63, 3.8) is 0 Å². The second-order valence-electron chi connectivity index (χ2n) is 14.5. The fourth-order valence-corrected chi connectivity index (χ4v) is 8.76. The number of aromatic nitrogens is 1. The molecule has 2 heteroatoms. The maximum atomic E-state index is 2.42. The summed E-state index contributed by atoms with van der Waals surface area (Å²) in [4.78, 5) is 2.42. The van der Waals surface area contributed by atoms with E-state index in [-0.39, 0.29) is 0 Å². The highest BCUT2D eigenvalue weighted by Gasteiger charge is 2.19. The Morgan fingerprint density at radius 3 is 1.66 bits per heavy atom. The van der Waals surface area contributed by atoms with Crippen LogP contribution in [0.4, 0.5) is 17.1 Å². The lowest BCUT2D eigenvalue weighted by atomic mass is 9.96. The van der Waals surface area contributed by atoms with Gasteiger partial charge in [-0.15, -0.1) is 0 Å². The first-order chi connectivity index (χ1) is 27.8. The van der Waals surface area contributed by atoms with Crippen LogP contribution in [0.25, 0.3) is 82.1 Å². The van der Waals surface area contributed by atoms with Crippen molar-refractivity contribution in [3.8, 4) is 27.9 Å². The Bertz CT molecular complexity index is 3250.